The highest BCUT2D eigenvalue weighted by Crippen LogP contribution is 2.49. The van der Waals surface area contributed by atoms with Crippen LogP contribution in [0.5, 0.6) is 5.75 Å². The molecule has 3 rings (SSSR count). The fourth-order valence-corrected chi connectivity index (χ4v) is 4.33. The first kappa shape index (κ1) is 19.9. The number of ether oxygens (including phenoxy) is 1. The summed E-state index contributed by atoms with van der Waals surface area (Å²) in [6.45, 7) is 4.96. The predicted octanol–water partition coefficient (Wildman–Crippen LogP) is 4.52. The summed E-state index contributed by atoms with van der Waals surface area (Å²) in [5, 5.41) is 14.8. The second-order valence-corrected chi connectivity index (χ2v) is 8.46. The molecule has 1 aromatic heterocycles. The van der Waals surface area contributed by atoms with Crippen LogP contribution >= 0.6 is 11.3 Å². The summed E-state index contributed by atoms with van der Waals surface area (Å²) in [6.07, 6.45) is 3.22. The van der Waals surface area contributed by atoms with Crippen molar-refractivity contribution in [2.75, 3.05) is 13.2 Å². The van der Waals surface area contributed by atoms with Gasteiger partial charge in [0.15, 0.2) is 0 Å². The van der Waals surface area contributed by atoms with Crippen molar-refractivity contribution in [2.24, 2.45) is 11.8 Å². The summed E-state index contributed by atoms with van der Waals surface area (Å²) in [5.74, 6) is 1.76. The Hall–Kier alpha value is -1.85. The van der Waals surface area contributed by atoms with E-state index in [1.165, 1.54) is 4.88 Å². The number of hydrogen-bond acceptors (Lipinski definition) is 4. The molecule has 0 aliphatic heterocycles. The topological polar surface area (TPSA) is 58.6 Å². The molecule has 0 spiro atoms. The van der Waals surface area contributed by atoms with Gasteiger partial charge in [0, 0.05) is 16.7 Å². The lowest BCUT2D eigenvalue weighted by Gasteiger charge is -2.18. The molecule has 4 atom stereocenters. The SMILES string of the molecule is CCCC(C)COc1ccc([C@H](CO)NC(=O)[C@@H]2C[C@H]2c2cccs2)cc1. The van der Waals surface area contributed by atoms with E-state index in [4.69, 9.17) is 4.74 Å². The lowest BCUT2D eigenvalue weighted by Crippen LogP contribution is -2.32. The summed E-state index contributed by atoms with van der Waals surface area (Å²) in [4.78, 5) is 13.8. The van der Waals surface area contributed by atoms with Crippen molar-refractivity contribution in [1.29, 1.82) is 0 Å². The fourth-order valence-electron chi connectivity index (χ4n) is 3.43. The van der Waals surface area contributed by atoms with Gasteiger partial charge in [-0.3, -0.25) is 4.79 Å². The maximum atomic E-state index is 12.5. The smallest absolute Gasteiger partial charge is 0.224 e. The largest absolute Gasteiger partial charge is 0.493 e. The molecule has 1 aromatic carbocycles. The van der Waals surface area contributed by atoms with Crippen LogP contribution in [0.15, 0.2) is 41.8 Å². The molecule has 4 nitrogen and oxygen atoms in total. The van der Waals surface area contributed by atoms with Gasteiger partial charge in [0.05, 0.1) is 19.3 Å². The lowest BCUT2D eigenvalue weighted by molar-refractivity contribution is -0.123. The third kappa shape index (κ3) is 5.33. The van der Waals surface area contributed by atoms with E-state index in [9.17, 15) is 9.90 Å². The molecule has 1 unspecified atom stereocenters. The van der Waals surface area contributed by atoms with E-state index in [1.54, 1.807) is 11.3 Å². The first-order valence-corrected chi connectivity index (χ1v) is 10.7. The molecule has 5 heteroatoms. The summed E-state index contributed by atoms with van der Waals surface area (Å²) >= 11 is 1.70. The molecular formula is C22H29NO3S. The minimum atomic E-state index is -0.379. The van der Waals surface area contributed by atoms with E-state index < -0.39 is 0 Å². The molecule has 0 bridgehead atoms. The number of carbonyl (C=O) groups excluding carboxylic acids is 1. The van der Waals surface area contributed by atoms with Gasteiger partial charge < -0.3 is 15.2 Å². The molecule has 2 N–H and O–H groups in total. The average molecular weight is 388 g/mol. The summed E-state index contributed by atoms with van der Waals surface area (Å²) in [5.41, 5.74) is 0.896. The second-order valence-electron chi connectivity index (χ2n) is 7.48. The van der Waals surface area contributed by atoms with Crippen molar-refractivity contribution in [1.82, 2.24) is 5.32 Å². The number of aliphatic hydroxyl groups is 1. The minimum absolute atomic E-state index is 0.0281. The molecule has 2 aromatic rings. The zero-order valence-electron chi connectivity index (χ0n) is 16.1. The third-order valence-corrected chi connectivity index (χ3v) is 6.14. The van der Waals surface area contributed by atoms with E-state index in [0.29, 0.717) is 18.4 Å². The van der Waals surface area contributed by atoms with Crippen LogP contribution in [0.3, 0.4) is 0 Å². The van der Waals surface area contributed by atoms with Crippen molar-refractivity contribution < 1.29 is 14.6 Å². The van der Waals surface area contributed by atoms with Gasteiger partial charge in [-0.05, 0) is 47.9 Å². The standard InChI is InChI=1S/C22H29NO3S/c1-3-5-15(2)14-26-17-9-7-16(8-10-17)20(13-24)23-22(25)19-12-18(19)21-6-4-11-27-21/h4,6-11,15,18-20,24H,3,5,12-14H2,1-2H3,(H,23,25)/t15?,18-,19-,20+/m1/s1. The Bertz CT molecular complexity index is 714. The first-order chi connectivity index (χ1) is 13.1. The van der Waals surface area contributed by atoms with Gasteiger partial charge in [-0.25, -0.2) is 0 Å². The van der Waals surface area contributed by atoms with Gasteiger partial charge in [0.2, 0.25) is 5.91 Å². The first-order valence-electron chi connectivity index (χ1n) is 9.79. The monoisotopic (exact) mass is 387 g/mol. The van der Waals surface area contributed by atoms with Crippen molar-refractivity contribution >= 4 is 17.2 Å². The van der Waals surface area contributed by atoms with Crippen molar-refractivity contribution in [3.05, 3.63) is 52.2 Å². The molecule has 1 saturated carbocycles. The van der Waals surface area contributed by atoms with Gasteiger partial charge in [0.1, 0.15) is 5.75 Å². The van der Waals surface area contributed by atoms with Crippen LogP contribution in [0.25, 0.3) is 0 Å². The molecular weight excluding hydrogens is 358 g/mol. The van der Waals surface area contributed by atoms with E-state index in [1.807, 2.05) is 35.7 Å². The summed E-state index contributed by atoms with van der Waals surface area (Å²) in [6, 6.07) is 11.4. The molecule has 1 aliphatic carbocycles. The molecule has 0 saturated heterocycles. The number of amides is 1. The van der Waals surface area contributed by atoms with Gasteiger partial charge >= 0.3 is 0 Å². The Morgan fingerprint density at radius 3 is 2.74 bits per heavy atom. The van der Waals surface area contributed by atoms with Crippen LogP contribution in [0.2, 0.25) is 0 Å². The van der Waals surface area contributed by atoms with Gasteiger partial charge in [-0.15, -0.1) is 11.3 Å². The lowest BCUT2D eigenvalue weighted by atomic mass is 10.1. The number of nitrogens with one attached hydrogen (secondary N) is 1. The summed E-state index contributed by atoms with van der Waals surface area (Å²) < 4.78 is 5.82. The number of hydrogen-bond donors (Lipinski definition) is 2. The fraction of sp³-hybridized carbons (Fsp3) is 0.500. The minimum Gasteiger partial charge on any atom is -0.493 e. The normalized spacial score (nSPS) is 20.7. The van der Waals surface area contributed by atoms with Crippen molar-refractivity contribution in [3.63, 3.8) is 0 Å². The molecule has 1 fully saturated rings. The molecule has 1 aliphatic rings. The Balaban J connectivity index is 1.52. The highest BCUT2D eigenvalue weighted by molar-refractivity contribution is 7.10. The molecule has 146 valence electrons. The number of benzene rings is 1. The van der Waals surface area contributed by atoms with Crippen LogP contribution in [0, 0.1) is 11.8 Å². The number of rotatable bonds is 10. The maximum absolute atomic E-state index is 12.5. The molecule has 27 heavy (non-hydrogen) atoms. The maximum Gasteiger partial charge on any atom is 0.224 e. The number of aliphatic hydroxyl groups excluding tert-OH is 1. The average Bonchev–Trinajstić information content (AvgIpc) is 3.30. The predicted molar refractivity (Wildman–Crippen MR) is 109 cm³/mol. The van der Waals surface area contributed by atoms with Gasteiger partial charge in [-0.2, -0.15) is 0 Å². The van der Waals surface area contributed by atoms with E-state index in [0.717, 1.165) is 30.6 Å². The number of thiophene rings is 1. The highest BCUT2D eigenvalue weighted by Gasteiger charge is 2.45. The van der Waals surface area contributed by atoms with Gasteiger partial charge in [0.25, 0.3) is 0 Å². The van der Waals surface area contributed by atoms with E-state index in [-0.39, 0.29) is 24.5 Å². The van der Waals surface area contributed by atoms with E-state index in [2.05, 4.69) is 25.2 Å². The Morgan fingerprint density at radius 2 is 2.11 bits per heavy atom. The Morgan fingerprint density at radius 1 is 1.33 bits per heavy atom. The quantitative estimate of drug-likeness (QED) is 0.630. The van der Waals surface area contributed by atoms with Crippen molar-refractivity contribution in [3.8, 4) is 5.75 Å². The Kier molecular flexibility index (Phi) is 6.91. The zero-order valence-corrected chi connectivity index (χ0v) is 16.9. The molecule has 0 radical (unpaired) electrons. The Labute approximate surface area is 165 Å². The number of carbonyl (C=O) groups is 1. The van der Waals surface area contributed by atoms with Crippen LogP contribution in [-0.2, 0) is 4.79 Å². The third-order valence-electron chi connectivity index (χ3n) is 5.13. The second kappa shape index (κ2) is 9.38. The van der Waals surface area contributed by atoms with Crippen LogP contribution in [0.4, 0.5) is 0 Å². The van der Waals surface area contributed by atoms with Crippen LogP contribution < -0.4 is 10.1 Å². The highest BCUT2D eigenvalue weighted by atomic mass is 32.1. The van der Waals surface area contributed by atoms with Gasteiger partial charge in [-0.1, -0.05) is 38.5 Å². The molecule has 1 heterocycles. The van der Waals surface area contributed by atoms with Crippen LogP contribution in [-0.4, -0.2) is 24.2 Å². The zero-order chi connectivity index (χ0) is 19.2. The van der Waals surface area contributed by atoms with Crippen molar-refractivity contribution in [2.45, 2.75) is 45.1 Å². The molecule has 1 amide bonds. The van der Waals surface area contributed by atoms with Crippen LogP contribution in [0.1, 0.15) is 55.5 Å². The van der Waals surface area contributed by atoms with E-state index >= 15 is 0 Å². The summed E-state index contributed by atoms with van der Waals surface area (Å²) in [7, 11) is 0.